The minimum Gasteiger partial charge on any atom is -0.464 e. The van der Waals surface area contributed by atoms with Gasteiger partial charge in [0.15, 0.2) is 0 Å². The summed E-state index contributed by atoms with van der Waals surface area (Å²) in [6.45, 7) is 21.1. The number of nitrogens with one attached hydrogen (secondary N) is 1. The van der Waals surface area contributed by atoms with E-state index >= 15 is 0 Å². The summed E-state index contributed by atoms with van der Waals surface area (Å²) in [5.74, 6) is -0.853. The molecular weight excluding hydrogens is 910 g/mol. The molecule has 2 aromatic rings. The minimum absolute atomic E-state index is 0.109. The Balaban J connectivity index is 0.000000240. The van der Waals surface area contributed by atoms with E-state index in [0.29, 0.717) is 18.4 Å². The number of nitriles is 1. The highest BCUT2D eigenvalue weighted by Gasteiger charge is 2.72. The first-order valence-electron chi connectivity index (χ1n) is 21.6. The average molecular weight is 980 g/mol. The van der Waals surface area contributed by atoms with Gasteiger partial charge in [-0.05, 0) is 150 Å². The predicted octanol–water partition coefficient (Wildman–Crippen LogP) is 9.40. The van der Waals surface area contributed by atoms with Gasteiger partial charge in [0.2, 0.25) is 0 Å². The van der Waals surface area contributed by atoms with Crippen LogP contribution < -0.4 is 10.5 Å². The van der Waals surface area contributed by atoms with Crippen LogP contribution in [-0.4, -0.2) is 67.0 Å². The van der Waals surface area contributed by atoms with Crippen LogP contribution in [0.4, 0.5) is 0 Å². The van der Waals surface area contributed by atoms with E-state index in [9.17, 15) is 14.3 Å². The molecule has 13 heteroatoms. The number of carbonyl (C=O) groups is 1. The standard InChI is InChI=1S/C27H41BrN2O4S.C20H28BrNO3/c1-9-33-26(17-29,34-10-2)27(30-35(31)24(5,6)7)22-13-21(28)12-11-20(22)16-25(27)14-18(3)23(32-8)19(4)15-25;1-5-25-18(23)20(22)16-8-15(21)7-6-14(16)11-19(20)9-12(2)17(24-4)13(3)10-19/h11-13,18-19,23,30H,9-10,14-16H2,1-8H3;6-8,12-13,17H,5,9-11,22H2,1-4H3/t18-,19+,23?,25?,27-,35-;12-,13+,17?,19?,20-/m01/s1. The molecule has 0 saturated heterocycles. The molecule has 10 nitrogen and oxygen atoms in total. The number of hydrogen-bond acceptors (Lipinski definition) is 9. The van der Waals surface area contributed by atoms with Crippen molar-refractivity contribution in [3.8, 4) is 6.07 Å². The van der Waals surface area contributed by atoms with Gasteiger partial charge in [-0.3, -0.25) is 0 Å². The monoisotopic (exact) mass is 977 g/mol. The zero-order valence-electron chi connectivity index (χ0n) is 37.8. The first-order chi connectivity index (χ1) is 28.2. The van der Waals surface area contributed by atoms with Crippen LogP contribution >= 0.6 is 31.9 Å². The summed E-state index contributed by atoms with van der Waals surface area (Å²) in [6, 6.07) is 14.8. The SMILES string of the molecule is CCOC(=O)[C@]1(N)c2cc(Br)ccc2CC12C[C@@H](C)C(OC)[C@@H](C)C2.CCOC(C#N)(OCC)[C@]1(N[S@@](=O)C(C)(C)C)c2cc(Br)ccc2CC12C[C@@H](C)C(OC)[C@@H](C)C2. The van der Waals surface area contributed by atoms with Gasteiger partial charge in [-0.2, -0.15) is 5.26 Å². The zero-order valence-corrected chi connectivity index (χ0v) is 41.8. The Hall–Kier alpha value is -1.73. The van der Waals surface area contributed by atoms with E-state index in [1.807, 2.05) is 59.7 Å². The lowest BCUT2D eigenvalue weighted by Gasteiger charge is -2.58. The van der Waals surface area contributed by atoms with E-state index in [0.717, 1.165) is 69.7 Å². The molecule has 0 aromatic heterocycles. The molecule has 4 aliphatic rings. The molecule has 2 aromatic carbocycles. The van der Waals surface area contributed by atoms with Crippen LogP contribution in [0.25, 0.3) is 0 Å². The molecule has 0 aliphatic heterocycles. The number of nitrogens with two attached hydrogens (primary N) is 1. The lowest BCUT2D eigenvalue weighted by atomic mass is 9.54. The molecule has 3 N–H and O–H groups in total. The van der Waals surface area contributed by atoms with Gasteiger partial charge in [-0.25, -0.2) is 13.7 Å². The van der Waals surface area contributed by atoms with Crippen molar-refractivity contribution in [2.75, 3.05) is 34.0 Å². The fraction of sp³-hybridized carbons (Fsp3) is 0.702. The predicted molar refractivity (Wildman–Crippen MR) is 244 cm³/mol. The van der Waals surface area contributed by atoms with Gasteiger partial charge in [0.1, 0.15) is 17.1 Å². The third kappa shape index (κ3) is 8.26. The number of methoxy groups -OCH3 is 2. The molecule has 2 spiro atoms. The average Bonchev–Trinajstić information content (AvgIpc) is 3.55. The zero-order chi connectivity index (χ0) is 44.6. The van der Waals surface area contributed by atoms with Crippen LogP contribution in [0, 0.1) is 45.8 Å². The minimum atomic E-state index is -1.68. The van der Waals surface area contributed by atoms with Crippen molar-refractivity contribution in [1.29, 1.82) is 5.26 Å². The molecule has 0 bridgehead atoms. The number of carbonyl (C=O) groups excluding carboxylic acids is 1. The van der Waals surface area contributed by atoms with Crippen molar-refractivity contribution >= 4 is 48.8 Å². The third-order valence-electron chi connectivity index (χ3n) is 14.0. The van der Waals surface area contributed by atoms with E-state index in [1.165, 1.54) is 0 Å². The second-order valence-electron chi connectivity index (χ2n) is 19.0. The van der Waals surface area contributed by atoms with Gasteiger partial charge in [-0.1, -0.05) is 71.7 Å². The van der Waals surface area contributed by atoms with Gasteiger partial charge in [0.25, 0.3) is 5.79 Å². The molecular formula is C47H69Br2N3O7S. The molecule has 0 heterocycles. The summed E-state index contributed by atoms with van der Waals surface area (Å²) >= 11 is 7.19. The van der Waals surface area contributed by atoms with E-state index < -0.39 is 38.0 Å². The largest absolute Gasteiger partial charge is 0.464 e. The highest BCUT2D eigenvalue weighted by atomic mass is 79.9. The summed E-state index contributed by atoms with van der Waals surface area (Å²) in [7, 11) is 2.05. The van der Waals surface area contributed by atoms with Gasteiger partial charge >= 0.3 is 5.97 Å². The molecule has 11 atom stereocenters. The van der Waals surface area contributed by atoms with Crippen molar-refractivity contribution in [3.63, 3.8) is 0 Å². The maximum Gasteiger partial charge on any atom is 0.331 e. The van der Waals surface area contributed by atoms with Crippen molar-refractivity contribution < 1.29 is 32.7 Å². The topological polar surface area (TPSA) is 142 Å². The van der Waals surface area contributed by atoms with E-state index in [2.05, 4.69) is 88.5 Å². The summed E-state index contributed by atoms with van der Waals surface area (Å²) in [6.07, 6.45) is 5.13. The summed E-state index contributed by atoms with van der Waals surface area (Å²) in [4.78, 5) is 13.1. The van der Waals surface area contributed by atoms with Crippen molar-refractivity contribution in [3.05, 3.63) is 67.6 Å². The molecule has 2 fully saturated rings. The van der Waals surface area contributed by atoms with Gasteiger partial charge < -0.3 is 29.4 Å². The Labute approximate surface area is 379 Å². The second-order valence-corrected chi connectivity index (χ2v) is 22.8. The molecule has 6 rings (SSSR count). The lowest BCUT2D eigenvalue weighted by Crippen LogP contribution is -2.71. The number of benzene rings is 2. The number of fused-ring (bicyclic) bond motifs is 2. The Morgan fingerprint density at radius 3 is 1.65 bits per heavy atom. The van der Waals surface area contributed by atoms with Crippen molar-refractivity contribution in [1.82, 2.24) is 4.72 Å². The van der Waals surface area contributed by atoms with Crippen LogP contribution in [0.15, 0.2) is 45.3 Å². The van der Waals surface area contributed by atoms with E-state index in [4.69, 9.17) is 29.4 Å². The van der Waals surface area contributed by atoms with Crippen LogP contribution in [0.3, 0.4) is 0 Å². The summed E-state index contributed by atoms with van der Waals surface area (Å²) in [5.41, 5.74) is 7.99. The Bertz CT molecular complexity index is 1900. The lowest BCUT2D eigenvalue weighted by molar-refractivity contribution is -0.271. The van der Waals surface area contributed by atoms with E-state index in [-0.39, 0.29) is 48.6 Å². The van der Waals surface area contributed by atoms with E-state index in [1.54, 1.807) is 14.2 Å². The molecule has 0 radical (unpaired) electrons. The Kier molecular flexibility index (Phi) is 15.4. The molecule has 4 unspecified atom stereocenters. The quantitative estimate of drug-likeness (QED) is 0.166. The summed E-state index contributed by atoms with van der Waals surface area (Å²) < 4.78 is 48.5. The number of esters is 1. The van der Waals surface area contributed by atoms with Crippen LogP contribution in [0.5, 0.6) is 0 Å². The molecule has 0 amide bonds. The number of halogens is 2. The fourth-order valence-corrected chi connectivity index (χ4v) is 14.0. The highest BCUT2D eigenvalue weighted by Crippen LogP contribution is 2.65. The van der Waals surface area contributed by atoms with Crippen LogP contribution in [0.2, 0.25) is 0 Å². The fourth-order valence-electron chi connectivity index (χ4n) is 12.2. The number of rotatable bonds is 11. The first-order valence-corrected chi connectivity index (χ1v) is 24.4. The maximum absolute atomic E-state index is 13.9. The smallest absolute Gasteiger partial charge is 0.331 e. The molecule has 4 aliphatic carbocycles. The summed E-state index contributed by atoms with van der Waals surface area (Å²) in [5, 5.41) is 10.8. The van der Waals surface area contributed by atoms with Gasteiger partial charge in [-0.15, -0.1) is 0 Å². The Morgan fingerprint density at radius 1 is 0.800 bits per heavy atom. The van der Waals surface area contributed by atoms with Crippen LogP contribution in [0.1, 0.15) is 117 Å². The number of nitrogens with zero attached hydrogens (tertiary/aromatic N) is 1. The Morgan fingerprint density at radius 2 is 1.23 bits per heavy atom. The molecule has 60 heavy (non-hydrogen) atoms. The van der Waals surface area contributed by atoms with Crippen molar-refractivity contribution in [2.45, 2.75) is 142 Å². The number of hydrogen-bond donors (Lipinski definition) is 2. The third-order valence-corrected chi connectivity index (χ3v) is 16.6. The van der Waals surface area contributed by atoms with Gasteiger partial charge in [0, 0.05) is 47.2 Å². The molecule has 334 valence electrons. The number of ether oxygens (including phenoxy) is 5. The second kappa shape index (κ2) is 18.8. The first kappa shape index (κ1) is 49.3. The highest BCUT2D eigenvalue weighted by molar-refractivity contribution is 9.10. The van der Waals surface area contributed by atoms with Gasteiger partial charge in [0.05, 0.1) is 34.5 Å². The maximum atomic E-state index is 13.9. The molecule has 2 saturated carbocycles. The van der Waals surface area contributed by atoms with Crippen molar-refractivity contribution in [2.24, 2.45) is 40.2 Å². The van der Waals surface area contributed by atoms with Crippen LogP contribution in [-0.2, 0) is 63.4 Å². The normalized spacial score (nSPS) is 34.0.